The van der Waals surface area contributed by atoms with Crippen LogP contribution in [0.1, 0.15) is 30.1 Å². The van der Waals surface area contributed by atoms with E-state index in [4.69, 9.17) is 13.9 Å². The number of oxazole rings is 1. The summed E-state index contributed by atoms with van der Waals surface area (Å²) in [7, 11) is 1.60. The van der Waals surface area contributed by atoms with Crippen LogP contribution in [-0.2, 0) is 11.2 Å². The van der Waals surface area contributed by atoms with Crippen molar-refractivity contribution in [3.63, 3.8) is 0 Å². The average Bonchev–Trinajstić information content (AvgIpc) is 2.91. The predicted molar refractivity (Wildman–Crippen MR) is 81.5 cm³/mol. The topological polar surface area (TPSA) is 61.6 Å². The minimum absolute atomic E-state index is 0.168. The number of nitrogens with zero attached hydrogens (tertiary/aromatic N) is 1. The third kappa shape index (κ3) is 3.26. The zero-order valence-electron chi connectivity index (χ0n) is 12.1. The molecule has 2 aromatic rings. The van der Waals surface area contributed by atoms with Crippen molar-refractivity contribution in [1.29, 1.82) is 0 Å². The first-order valence-electron chi connectivity index (χ1n) is 6.61. The van der Waals surface area contributed by atoms with Crippen molar-refractivity contribution in [2.24, 2.45) is 0 Å². The maximum Gasteiger partial charge on any atom is 0.376 e. The van der Waals surface area contributed by atoms with E-state index in [1.165, 1.54) is 0 Å². The molecular formula is C15H16BrNO4. The maximum absolute atomic E-state index is 11.9. The van der Waals surface area contributed by atoms with Gasteiger partial charge in [0, 0.05) is 5.56 Å². The van der Waals surface area contributed by atoms with E-state index in [2.05, 4.69) is 20.9 Å². The van der Waals surface area contributed by atoms with Gasteiger partial charge in [-0.1, -0.05) is 6.92 Å². The highest BCUT2D eigenvalue weighted by Crippen LogP contribution is 2.31. The highest BCUT2D eigenvalue weighted by atomic mass is 79.9. The number of esters is 1. The molecule has 0 aliphatic heterocycles. The molecule has 0 bridgehead atoms. The van der Waals surface area contributed by atoms with Crippen LogP contribution in [0.4, 0.5) is 0 Å². The molecule has 1 aromatic heterocycles. The summed E-state index contributed by atoms with van der Waals surface area (Å²) < 4.78 is 16.5. The summed E-state index contributed by atoms with van der Waals surface area (Å²) in [6, 6.07) is 5.46. The maximum atomic E-state index is 11.9. The van der Waals surface area contributed by atoms with Gasteiger partial charge < -0.3 is 13.9 Å². The molecule has 0 saturated carbocycles. The van der Waals surface area contributed by atoms with Crippen molar-refractivity contribution in [2.45, 2.75) is 20.3 Å². The van der Waals surface area contributed by atoms with E-state index in [9.17, 15) is 4.79 Å². The number of methoxy groups -OCH3 is 1. The molecule has 2 rings (SSSR count). The van der Waals surface area contributed by atoms with Crippen molar-refractivity contribution >= 4 is 21.9 Å². The lowest BCUT2D eigenvalue weighted by molar-refractivity contribution is 0.0489. The molecule has 6 heteroatoms. The van der Waals surface area contributed by atoms with E-state index in [1.54, 1.807) is 20.1 Å². The van der Waals surface area contributed by atoms with E-state index < -0.39 is 5.97 Å². The Bertz CT molecular complexity index is 651. The molecule has 1 aromatic carbocycles. The van der Waals surface area contributed by atoms with Crippen LogP contribution < -0.4 is 4.74 Å². The van der Waals surface area contributed by atoms with Crippen LogP contribution in [0.15, 0.2) is 27.1 Å². The van der Waals surface area contributed by atoms with Gasteiger partial charge in [0.05, 0.1) is 23.9 Å². The lowest BCUT2D eigenvalue weighted by Crippen LogP contribution is -2.05. The summed E-state index contributed by atoms with van der Waals surface area (Å²) in [6.07, 6.45) is 0.592. The molecule has 0 fully saturated rings. The molecule has 0 amide bonds. The number of hydrogen-bond acceptors (Lipinski definition) is 5. The van der Waals surface area contributed by atoms with Gasteiger partial charge in [-0.2, -0.15) is 0 Å². The summed E-state index contributed by atoms with van der Waals surface area (Å²) in [6.45, 7) is 3.96. The minimum Gasteiger partial charge on any atom is -0.496 e. The first-order chi connectivity index (χ1) is 10.1. The molecule has 0 N–H and O–H groups in total. The summed E-state index contributed by atoms with van der Waals surface area (Å²) in [5.74, 6) is 0.784. The summed E-state index contributed by atoms with van der Waals surface area (Å²) in [5, 5.41) is 0. The Kier molecular flexibility index (Phi) is 5.01. The standard InChI is InChI=1S/C15H16BrNO4/c1-4-11-13(15(18)20-5-2)21-14(17-11)9-6-7-12(19-3)10(16)8-9/h6-8H,4-5H2,1-3H3. The van der Waals surface area contributed by atoms with Gasteiger partial charge in [-0.25, -0.2) is 9.78 Å². The van der Waals surface area contributed by atoms with Crippen LogP contribution in [0.2, 0.25) is 0 Å². The van der Waals surface area contributed by atoms with E-state index >= 15 is 0 Å². The molecule has 0 unspecified atom stereocenters. The number of halogens is 1. The number of aromatic nitrogens is 1. The molecule has 112 valence electrons. The quantitative estimate of drug-likeness (QED) is 0.764. The van der Waals surface area contributed by atoms with Gasteiger partial charge in [-0.3, -0.25) is 0 Å². The van der Waals surface area contributed by atoms with Crippen molar-refractivity contribution in [3.05, 3.63) is 34.1 Å². The Morgan fingerprint density at radius 3 is 2.71 bits per heavy atom. The number of ether oxygens (including phenoxy) is 2. The molecule has 0 saturated heterocycles. The van der Waals surface area contributed by atoms with Gasteiger partial charge in [0.1, 0.15) is 5.75 Å². The molecule has 5 nitrogen and oxygen atoms in total. The van der Waals surface area contributed by atoms with Gasteiger partial charge in [0.25, 0.3) is 0 Å². The molecule has 21 heavy (non-hydrogen) atoms. The molecular weight excluding hydrogens is 338 g/mol. The molecule has 0 aliphatic carbocycles. The number of carbonyl (C=O) groups excluding carboxylic acids is 1. The SMILES string of the molecule is CCOC(=O)c1oc(-c2ccc(OC)c(Br)c2)nc1CC. The average molecular weight is 354 g/mol. The van der Waals surface area contributed by atoms with Gasteiger partial charge >= 0.3 is 5.97 Å². The van der Waals surface area contributed by atoms with Gasteiger partial charge in [0.15, 0.2) is 0 Å². The molecule has 0 radical (unpaired) electrons. The zero-order valence-corrected chi connectivity index (χ0v) is 13.7. The van der Waals surface area contributed by atoms with Gasteiger partial charge in [-0.15, -0.1) is 0 Å². The predicted octanol–water partition coefficient (Wildman–Crippen LogP) is 3.85. The number of aryl methyl sites for hydroxylation is 1. The second-order valence-corrected chi connectivity index (χ2v) is 5.07. The fourth-order valence-corrected chi connectivity index (χ4v) is 2.41. The van der Waals surface area contributed by atoms with Gasteiger partial charge in [-0.05, 0) is 47.5 Å². The van der Waals surface area contributed by atoms with Crippen LogP contribution in [0.3, 0.4) is 0 Å². The molecule has 0 aliphatic rings. The largest absolute Gasteiger partial charge is 0.496 e. The molecule has 0 spiro atoms. The third-order valence-corrected chi connectivity index (χ3v) is 3.51. The second-order valence-electron chi connectivity index (χ2n) is 4.22. The zero-order chi connectivity index (χ0) is 15.4. The van der Waals surface area contributed by atoms with Gasteiger partial charge in [0.2, 0.25) is 11.7 Å². The van der Waals surface area contributed by atoms with Crippen molar-refractivity contribution in [2.75, 3.05) is 13.7 Å². The number of carbonyl (C=O) groups is 1. The second kappa shape index (κ2) is 6.76. The highest BCUT2D eigenvalue weighted by molar-refractivity contribution is 9.10. The van der Waals surface area contributed by atoms with E-state index in [1.807, 2.05) is 19.1 Å². The third-order valence-electron chi connectivity index (χ3n) is 2.89. The van der Waals surface area contributed by atoms with Crippen LogP contribution in [0, 0.1) is 0 Å². The van der Waals surface area contributed by atoms with Crippen molar-refractivity contribution in [3.8, 4) is 17.2 Å². The van der Waals surface area contributed by atoms with Crippen LogP contribution in [0.5, 0.6) is 5.75 Å². The number of benzene rings is 1. The Morgan fingerprint density at radius 1 is 1.38 bits per heavy atom. The number of hydrogen-bond donors (Lipinski definition) is 0. The number of rotatable bonds is 5. The first-order valence-corrected chi connectivity index (χ1v) is 7.40. The molecule has 0 atom stereocenters. The lowest BCUT2D eigenvalue weighted by atomic mass is 10.2. The smallest absolute Gasteiger partial charge is 0.376 e. The van der Waals surface area contributed by atoms with Crippen molar-refractivity contribution in [1.82, 2.24) is 4.98 Å². The van der Waals surface area contributed by atoms with Crippen LogP contribution in [0.25, 0.3) is 11.5 Å². The summed E-state index contributed by atoms with van der Waals surface area (Å²) in [5.41, 5.74) is 1.35. The van der Waals surface area contributed by atoms with Crippen LogP contribution >= 0.6 is 15.9 Å². The lowest BCUT2D eigenvalue weighted by Gasteiger charge is -2.03. The Balaban J connectivity index is 2.41. The fourth-order valence-electron chi connectivity index (χ4n) is 1.87. The monoisotopic (exact) mass is 353 g/mol. The van der Waals surface area contributed by atoms with Crippen LogP contribution in [-0.4, -0.2) is 24.7 Å². The summed E-state index contributed by atoms with van der Waals surface area (Å²) >= 11 is 3.41. The Morgan fingerprint density at radius 2 is 2.14 bits per heavy atom. The van der Waals surface area contributed by atoms with E-state index in [-0.39, 0.29) is 5.76 Å². The normalized spacial score (nSPS) is 10.5. The van der Waals surface area contributed by atoms with E-state index in [0.29, 0.717) is 30.4 Å². The minimum atomic E-state index is -0.485. The molecule has 1 heterocycles. The fraction of sp³-hybridized carbons (Fsp3) is 0.333. The Labute approximate surface area is 131 Å². The van der Waals surface area contributed by atoms with E-state index in [0.717, 1.165) is 10.0 Å². The first kappa shape index (κ1) is 15.6. The highest BCUT2D eigenvalue weighted by Gasteiger charge is 2.21. The van der Waals surface area contributed by atoms with Crippen molar-refractivity contribution < 1.29 is 18.7 Å². The summed E-state index contributed by atoms with van der Waals surface area (Å²) in [4.78, 5) is 16.2. The Hall–Kier alpha value is -1.82.